The van der Waals surface area contributed by atoms with E-state index in [2.05, 4.69) is 14.9 Å². The molecule has 0 aliphatic heterocycles. The fourth-order valence-corrected chi connectivity index (χ4v) is 0.136. The number of hydrogen-bond donors (Lipinski definition) is 0. The summed E-state index contributed by atoms with van der Waals surface area (Å²) in [6, 6.07) is 0. The van der Waals surface area contributed by atoms with Crippen LogP contribution in [0.1, 0.15) is 0 Å². The van der Waals surface area contributed by atoms with Crippen molar-refractivity contribution in [2.24, 2.45) is 0 Å². The van der Waals surface area contributed by atoms with E-state index in [9.17, 15) is 0 Å². The van der Waals surface area contributed by atoms with Gasteiger partial charge in [-0.05, 0) is 0 Å². The Morgan fingerprint density at radius 3 is 2.50 bits per heavy atom. The van der Waals surface area contributed by atoms with Crippen molar-refractivity contribution in [1.82, 2.24) is 10.4 Å². The normalized spacial score (nSPS) is 6.67. The van der Waals surface area contributed by atoms with Crippen molar-refractivity contribution in [3.8, 4) is 0 Å². The second kappa shape index (κ2) is 3.22. The predicted molar refractivity (Wildman–Crippen MR) is 20.1 cm³/mol. The molecule has 0 unspecified atom stereocenters. The molecule has 0 aliphatic rings. The van der Waals surface area contributed by atoms with Gasteiger partial charge in [0.25, 0.3) is 0 Å². The van der Waals surface area contributed by atoms with Crippen LogP contribution < -0.4 is 0 Å². The fraction of sp³-hybridized carbons (Fsp3) is 0. The molecule has 31 valence electrons. The van der Waals surface area contributed by atoms with Crippen molar-refractivity contribution in [3.63, 3.8) is 0 Å². The van der Waals surface area contributed by atoms with Crippen LogP contribution in [0.2, 0.25) is 0 Å². The zero-order valence-electron chi connectivity index (χ0n) is 2.90. The number of aromatic nitrogens is 2. The zero-order chi connectivity index (χ0) is 3.54. The Bertz CT molecular complexity index is 68.0. The first-order valence-corrected chi connectivity index (χ1v) is 1.21. The Morgan fingerprint density at radius 1 is 1.50 bits per heavy atom. The maximum Gasteiger partial charge on any atom is 0.144 e. The first-order valence-electron chi connectivity index (χ1n) is 1.21. The number of rotatable bonds is 0. The summed E-state index contributed by atoms with van der Waals surface area (Å²) in [5, 5.41) is 6.40. The van der Waals surface area contributed by atoms with Crippen LogP contribution >= 0.6 is 0 Å². The molecule has 0 aromatic carbocycles. The largest absolute Gasteiger partial charge is 0.346 e. The van der Waals surface area contributed by atoms with Gasteiger partial charge in [-0.15, -0.1) is 5.10 Å². The van der Waals surface area contributed by atoms with Gasteiger partial charge in [0.1, 0.15) is 6.26 Å². The van der Waals surface area contributed by atoms with E-state index < -0.39 is 0 Å². The molecule has 1 heterocycles. The molecule has 0 fully saturated rings. The summed E-state index contributed by atoms with van der Waals surface area (Å²) in [4.78, 5) is 0. The van der Waals surface area contributed by atoms with Gasteiger partial charge in [-0.3, -0.25) is 0 Å². The van der Waals surface area contributed by atoms with Gasteiger partial charge in [-0.25, -0.2) is 0 Å². The number of hydrogen-bond acceptors (Lipinski definition) is 3. The molecule has 3 nitrogen and oxygen atoms in total. The van der Waals surface area contributed by atoms with E-state index in [1.54, 1.807) is 0 Å². The minimum absolute atomic E-state index is 0. The summed E-state index contributed by atoms with van der Waals surface area (Å²) < 4.78 is 4.22. The topological polar surface area (TPSA) is 38.9 Å². The minimum atomic E-state index is 0. The second-order valence-electron chi connectivity index (χ2n) is 0.588. The Labute approximate surface area is 53.8 Å². The molecule has 0 N–H and O–H groups in total. The van der Waals surface area contributed by atoms with Crippen LogP contribution in [0.5, 0.6) is 0 Å². The SMILES string of the molecule is [Bi].c1conn1. The Morgan fingerprint density at radius 2 is 2.33 bits per heavy atom. The van der Waals surface area contributed by atoms with Crippen LogP contribution in [0.3, 0.4) is 0 Å². The molecule has 1 aromatic heterocycles. The summed E-state index contributed by atoms with van der Waals surface area (Å²) in [5.74, 6) is 0. The first-order chi connectivity index (χ1) is 2.50. The van der Waals surface area contributed by atoms with Crippen LogP contribution in [0, 0.1) is 0 Å². The van der Waals surface area contributed by atoms with Crippen molar-refractivity contribution in [3.05, 3.63) is 12.5 Å². The third kappa shape index (κ3) is 1.46. The average Bonchev–Trinajstić information content (AvgIpc) is 1.76. The van der Waals surface area contributed by atoms with Gasteiger partial charge < -0.3 is 4.52 Å². The third-order valence-corrected chi connectivity index (χ3v) is 0.283. The summed E-state index contributed by atoms with van der Waals surface area (Å²) in [6.07, 6.45) is 2.88. The fourth-order valence-electron chi connectivity index (χ4n) is 0.136. The van der Waals surface area contributed by atoms with E-state index in [0.717, 1.165) is 0 Å². The minimum Gasteiger partial charge on any atom is -0.346 e. The van der Waals surface area contributed by atoms with Crippen LogP contribution in [-0.2, 0) is 0 Å². The summed E-state index contributed by atoms with van der Waals surface area (Å²) >= 11 is 0. The Kier molecular flexibility index (Phi) is 3.23. The molecule has 1 aromatic rings. The Balaban J connectivity index is 0.000000250. The molecule has 0 spiro atoms. The van der Waals surface area contributed by atoms with Crippen LogP contribution in [0.25, 0.3) is 0 Å². The van der Waals surface area contributed by atoms with Crippen LogP contribution in [0.4, 0.5) is 0 Å². The second-order valence-corrected chi connectivity index (χ2v) is 0.588. The van der Waals surface area contributed by atoms with Gasteiger partial charge in [0.05, 0.1) is 6.20 Å². The Hall–Kier alpha value is 0.0231. The van der Waals surface area contributed by atoms with E-state index in [-0.39, 0.29) is 26.2 Å². The maximum absolute atomic E-state index is 4.22. The van der Waals surface area contributed by atoms with Gasteiger partial charge in [-0.2, -0.15) is 0 Å². The molecule has 0 aliphatic carbocycles. The average molecular weight is 279 g/mol. The molecule has 0 atom stereocenters. The monoisotopic (exact) mass is 279 g/mol. The van der Waals surface area contributed by atoms with Gasteiger partial charge in [-0.1, -0.05) is 0 Å². The molecule has 4 heteroatoms. The summed E-state index contributed by atoms with van der Waals surface area (Å²) in [6.45, 7) is 0. The quantitative estimate of drug-likeness (QED) is 0.611. The van der Waals surface area contributed by atoms with Crippen molar-refractivity contribution in [2.45, 2.75) is 0 Å². The van der Waals surface area contributed by atoms with E-state index in [1.165, 1.54) is 12.5 Å². The molecule has 0 bridgehead atoms. The molecule has 0 saturated heterocycles. The summed E-state index contributed by atoms with van der Waals surface area (Å²) in [5.41, 5.74) is 0. The zero-order valence-corrected chi connectivity index (χ0v) is 6.38. The van der Waals surface area contributed by atoms with E-state index in [1.807, 2.05) is 0 Å². The van der Waals surface area contributed by atoms with E-state index >= 15 is 0 Å². The molecular weight excluding hydrogens is 277 g/mol. The van der Waals surface area contributed by atoms with Crippen molar-refractivity contribution in [2.75, 3.05) is 0 Å². The summed E-state index contributed by atoms with van der Waals surface area (Å²) in [7, 11) is 0. The molecule has 0 saturated carbocycles. The van der Waals surface area contributed by atoms with Gasteiger partial charge in [0.15, 0.2) is 0 Å². The number of nitrogens with zero attached hydrogens (tertiary/aromatic N) is 2. The van der Waals surface area contributed by atoms with Crippen LogP contribution in [-0.4, -0.2) is 36.6 Å². The van der Waals surface area contributed by atoms with Gasteiger partial charge in [0, 0.05) is 31.5 Å². The molecule has 6 heavy (non-hydrogen) atoms. The van der Waals surface area contributed by atoms with Crippen LogP contribution in [0.15, 0.2) is 17.0 Å². The third-order valence-electron chi connectivity index (χ3n) is 0.283. The van der Waals surface area contributed by atoms with E-state index in [0.29, 0.717) is 0 Å². The van der Waals surface area contributed by atoms with Crippen molar-refractivity contribution < 1.29 is 4.52 Å². The van der Waals surface area contributed by atoms with Crippen molar-refractivity contribution >= 4 is 26.2 Å². The molecular formula is C2H2BiN2O. The van der Waals surface area contributed by atoms with E-state index in [4.69, 9.17) is 0 Å². The molecule has 3 radical (unpaired) electrons. The predicted octanol–water partition coefficient (Wildman–Crippen LogP) is -0.311. The van der Waals surface area contributed by atoms with Crippen molar-refractivity contribution in [1.29, 1.82) is 0 Å². The smallest absolute Gasteiger partial charge is 0.144 e. The molecule has 1 rings (SSSR count). The molecule has 0 amide bonds. The maximum atomic E-state index is 4.22. The standard InChI is InChI=1S/C2H2N2O.Bi/c1-2-5-4-3-1;/h1-2H;. The van der Waals surface area contributed by atoms with Gasteiger partial charge in [0.2, 0.25) is 0 Å². The van der Waals surface area contributed by atoms with Gasteiger partial charge >= 0.3 is 0 Å². The first kappa shape index (κ1) is 6.02.